The first-order chi connectivity index (χ1) is 35.4. The molecule has 0 spiro atoms. The molecule has 0 saturated carbocycles. The lowest BCUT2D eigenvalue weighted by molar-refractivity contribution is 1.15. The summed E-state index contributed by atoms with van der Waals surface area (Å²) in [6.07, 6.45) is 3.60. The number of aromatic nitrogens is 3. The first kappa shape index (κ1) is 42.5. The van der Waals surface area contributed by atoms with Crippen LogP contribution in [0.1, 0.15) is 22.3 Å². The summed E-state index contributed by atoms with van der Waals surface area (Å²) < 4.78 is 4.46. The Morgan fingerprint density at radius 2 is 0.819 bits per heavy atom. The summed E-state index contributed by atoms with van der Waals surface area (Å²) in [5.74, 6) is 0. The van der Waals surface area contributed by atoms with Crippen molar-refractivity contribution in [2.45, 2.75) is 0 Å². The number of rotatable bonds is 7. The van der Waals surface area contributed by atoms with Crippen molar-refractivity contribution in [3.8, 4) is 91.3 Å². The number of nitriles is 4. The summed E-state index contributed by atoms with van der Waals surface area (Å²) >= 11 is 0. The van der Waals surface area contributed by atoms with Gasteiger partial charge in [-0.3, -0.25) is 4.98 Å². The molecule has 0 bridgehead atoms. The lowest BCUT2D eigenvalue weighted by Gasteiger charge is -2.16. The third-order valence-electron chi connectivity index (χ3n) is 13.5. The Kier molecular flexibility index (Phi) is 10.3. The number of nitrogens with zero attached hydrogens (tertiary/aromatic N) is 8. The van der Waals surface area contributed by atoms with E-state index in [1.165, 1.54) is 0 Å². The van der Waals surface area contributed by atoms with Gasteiger partial charge in [0, 0.05) is 50.8 Å². The average Bonchev–Trinajstić information content (AvgIpc) is 3.96. The zero-order chi connectivity index (χ0) is 48.9. The molecule has 330 valence electrons. The van der Waals surface area contributed by atoms with E-state index in [-0.39, 0.29) is 0 Å². The maximum atomic E-state index is 10.9. The maximum absolute atomic E-state index is 10.9. The van der Waals surface area contributed by atoms with Crippen LogP contribution in [0.15, 0.2) is 207 Å². The van der Waals surface area contributed by atoms with Crippen LogP contribution >= 0.6 is 0 Å². The van der Waals surface area contributed by atoms with Gasteiger partial charge >= 0.3 is 0 Å². The molecule has 0 fully saturated rings. The number of hydrogen-bond acceptors (Lipinski definition) is 5. The SMILES string of the molecule is [C-]#[N+]c1cccc(-c2ccc3c(c2)c2cc(-c4cccc(C#N)c4)ccc2n3-c2ccncc2-c2cc(-n3c4ccc(-c5cccc(C#N)c5)cc4c4cc(-c5cccc(C#N)c5)ccc43)ccc2C#N)c1. The predicted molar refractivity (Wildman–Crippen MR) is 285 cm³/mol. The Morgan fingerprint density at radius 1 is 0.389 bits per heavy atom. The second-order valence-electron chi connectivity index (χ2n) is 17.6. The quantitative estimate of drug-likeness (QED) is 0.147. The van der Waals surface area contributed by atoms with E-state index in [0.29, 0.717) is 33.5 Å². The Labute approximate surface area is 414 Å². The van der Waals surface area contributed by atoms with E-state index in [2.05, 4.69) is 122 Å². The minimum Gasteiger partial charge on any atom is -0.309 e. The van der Waals surface area contributed by atoms with E-state index in [0.717, 1.165) is 105 Å². The zero-order valence-corrected chi connectivity index (χ0v) is 38.2. The van der Waals surface area contributed by atoms with Gasteiger partial charge in [-0.15, -0.1) is 0 Å². The second-order valence-corrected chi connectivity index (χ2v) is 17.6. The van der Waals surface area contributed by atoms with Crippen LogP contribution in [0.4, 0.5) is 5.69 Å². The molecule has 0 radical (unpaired) electrons. The monoisotopic (exact) mass is 914 g/mol. The van der Waals surface area contributed by atoms with E-state index < -0.39 is 0 Å². The fourth-order valence-electron chi connectivity index (χ4n) is 10.1. The Balaban J connectivity index is 1.07. The number of fused-ring (bicyclic) bond motifs is 6. The molecule has 0 aliphatic carbocycles. The third kappa shape index (κ3) is 7.17. The topological polar surface area (TPSA) is 122 Å². The van der Waals surface area contributed by atoms with Crippen LogP contribution in [-0.4, -0.2) is 14.1 Å². The highest BCUT2D eigenvalue weighted by Gasteiger charge is 2.22. The van der Waals surface area contributed by atoms with Gasteiger partial charge in [-0.25, -0.2) is 4.85 Å². The van der Waals surface area contributed by atoms with Crippen LogP contribution in [0.3, 0.4) is 0 Å². The molecular formula is C64H34N8. The molecular weight excluding hydrogens is 881 g/mol. The summed E-state index contributed by atoms with van der Waals surface area (Å²) in [5, 5.41) is 44.1. The summed E-state index contributed by atoms with van der Waals surface area (Å²) in [6.45, 7) is 7.68. The summed E-state index contributed by atoms with van der Waals surface area (Å²) in [7, 11) is 0. The van der Waals surface area contributed by atoms with Gasteiger partial charge < -0.3 is 9.13 Å². The van der Waals surface area contributed by atoms with Gasteiger partial charge in [0.25, 0.3) is 0 Å². The largest absolute Gasteiger partial charge is 0.309 e. The van der Waals surface area contributed by atoms with Crippen molar-refractivity contribution in [1.29, 1.82) is 21.0 Å². The molecule has 8 nitrogen and oxygen atoms in total. The first-order valence-corrected chi connectivity index (χ1v) is 23.1. The van der Waals surface area contributed by atoms with Gasteiger partial charge in [-0.1, -0.05) is 78.9 Å². The lowest BCUT2D eigenvalue weighted by atomic mass is 9.99. The molecule has 3 heterocycles. The minimum absolute atomic E-state index is 0.482. The van der Waals surface area contributed by atoms with Crippen LogP contribution in [0.25, 0.3) is 115 Å². The molecule has 9 aromatic carbocycles. The molecule has 72 heavy (non-hydrogen) atoms. The van der Waals surface area contributed by atoms with E-state index in [1.807, 2.05) is 103 Å². The summed E-state index contributed by atoms with van der Waals surface area (Å²) in [5.41, 5.74) is 17.3. The van der Waals surface area contributed by atoms with Crippen molar-refractivity contribution < 1.29 is 0 Å². The van der Waals surface area contributed by atoms with Crippen molar-refractivity contribution in [3.63, 3.8) is 0 Å². The van der Waals surface area contributed by atoms with Gasteiger partial charge in [0.2, 0.25) is 0 Å². The van der Waals surface area contributed by atoms with Crippen molar-refractivity contribution in [3.05, 3.63) is 240 Å². The highest BCUT2D eigenvalue weighted by atomic mass is 15.0. The Morgan fingerprint density at radius 3 is 1.26 bits per heavy atom. The predicted octanol–water partition coefficient (Wildman–Crippen LogP) is 15.6. The molecule has 0 amide bonds. The first-order valence-electron chi connectivity index (χ1n) is 23.1. The van der Waals surface area contributed by atoms with E-state index in [1.54, 1.807) is 24.4 Å². The number of pyridine rings is 1. The normalized spacial score (nSPS) is 11.0. The third-order valence-corrected chi connectivity index (χ3v) is 13.5. The molecule has 0 unspecified atom stereocenters. The Bertz CT molecular complexity index is 4250. The van der Waals surface area contributed by atoms with Gasteiger partial charge in [0.1, 0.15) is 0 Å². The number of benzene rings is 9. The molecule has 3 aromatic heterocycles. The van der Waals surface area contributed by atoms with E-state index in [9.17, 15) is 21.0 Å². The van der Waals surface area contributed by atoms with Gasteiger partial charge in [-0.2, -0.15) is 21.0 Å². The van der Waals surface area contributed by atoms with E-state index >= 15 is 0 Å². The minimum atomic E-state index is 0.482. The molecule has 8 heteroatoms. The lowest BCUT2D eigenvalue weighted by Crippen LogP contribution is -2.01. The molecule has 12 aromatic rings. The molecule has 12 rings (SSSR count). The van der Waals surface area contributed by atoms with Crippen LogP contribution in [-0.2, 0) is 0 Å². The molecule has 0 saturated heterocycles. The van der Waals surface area contributed by atoms with Crippen molar-refractivity contribution in [2.24, 2.45) is 0 Å². The van der Waals surface area contributed by atoms with Crippen LogP contribution in [0.5, 0.6) is 0 Å². The molecule has 0 N–H and O–H groups in total. The maximum Gasteiger partial charge on any atom is 0.187 e. The second kappa shape index (κ2) is 17.4. The van der Waals surface area contributed by atoms with Gasteiger partial charge in [-0.05, 0) is 160 Å². The van der Waals surface area contributed by atoms with Crippen molar-refractivity contribution >= 4 is 49.3 Å². The highest BCUT2D eigenvalue weighted by Crippen LogP contribution is 2.43. The van der Waals surface area contributed by atoms with Crippen molar-refractivity contribution in [1.82, 2.24) is 14.1 Å². The molecule has 0 atom stereocenters. The fourth-order valence-corrected chi connectivity index (χ4v) is 10.1. The van der Waals surface area contributed by atoms with Crippen LogP contribution < -0.4 is 0 Å². The van der Waals surface area contributed by atoms with Crippen LogP contribution in [0, 0.1) is 51.9 Å². The zero-order valence-electron chi connectivity index (χ0n) is 38.2. The van der Waals surface area contributed by atoms with Crippen LogP contribution in [0.2, 0.25) is 0 Å². The average molecular weight is 915 g/mol. The standard InChI is InChI=1S/C64H34N8/c1-69-52-13-5-12-46(29-52)50-18-23-63-58(33-50)57-32-49(45-11-4-8-42(28-45)37-67)17-22-62(57)72(63)64-24-25-70-39-59(64)54-34-53(19-14-51(54)38-68)71-60-20-15-47(43-9-2-6-40(26-43)35-65)30-55(60)56-31-48(16-21-61(56)71)44-10-3-7-41(27-44)36-66/h2-34,39H. The molecule has 0 aliphatic heterocycles. The van der Waals surface area contributed by atoms with E-state index in [4.69, 9.17) is 6.57 Å². The fraction of sp³-hybridized carbons (Fsp3) is 0. The van der Waals surface area contributed by atoms with Gasteiger partial charge in [0.15, 0.2) is 5.69 Å². The van der Waals surface area contributed by atoms with Gasteiger partial charge in [0.05, 0.1) is 80.9 Å². The summed E-state index contributed by atoms with van der Waals surface area (Å²) in [6, 6.07) is 73.2. The molecule has 0 aliphatic rings. The smallest absolute Gasteiger partial charge is 0.187 e. The number of hydrogen-bond donors (Lipinski definition) is 0. The highest BCUT2D eigenvalue weighted by molar-refractivity contribution is 6.13. The summed E-state index contributed by atoms with van der Waals surface area (Å²) in [4.78, 5) is 8.37. The Hall–Kier alpha value is -10.8. The van der Waals surface area contributed by atoms with Crippen molar-refractivity contribution in [2.75, 3.05) is 0 Å².